The Hall–Kier alpha value is -1.89. The number of benzene rings is 2. The summed E-state index contributed by atoms with van der Waals surface area (Å²) in [5, 5.41) is 0. The molecule has 0 saturated carbocycles. The van der Waals surface area contributed by atoms with Crippen LogP contribution in [0.1, 0.15) is 11.1 Å². The maximum absolute atomic E-state index is 13.0. The topological polar surface area (TPSA) is 34.1 Å². The highest BCUT2D eigenvalue weighted by Crippen LogP contribution is 2.29. The van der Waals surface area contributed by atoms with Crippen LogP contribution in [0.4, 0.5) is 17.6 Å². The van der Waals surface area contributed by atoms with Crippen LogP contribution in [0.2, 0.25) is 0 Å². The first-order valence-electron chi connectivity index (χ1n) is 5.83. The summed E-state index contributed by atoms with van der Waals surface area (Å²) in [6, 6.07) is 8.31. The van der Waals surface area contributed by atoms with Crippen molar-refractivity contribution in [2.45, 2.75) is 16.8 Å². The van der Waals surface area contributed by atoms with Gasteiger partial charge in [0.1, 0.15) is 5.82 Å². The number of hydrogen-bond donors (Lipinski definition) is 0. The standard InChI is InChI=1S/C14H10F4O2S/c15-12-2-1-3-13(8-12)21(19,20)9-10-4-6-11(7-5-10)14(16,17)18/h1-8H,9H2. The molecule has 0 aromatic heterocycles. The molecule has 0 fully saturated rings. The third kappa shape index (κ3) is 3.81. The van der Waals surface area contributed by atoms with Crippen molar-refractivity contribution in [3.8, 4) is 0 Å². The van der Waals surface area contributed by atoms with Gasteiger partial charge in [0, 0.05) is 0 Å². The Balaban J connectivity index is 2.25. The Morgan fingerprint density at radius 2 is 1.57 bits per heavy atom. The van der Waals surface area contributed by atoms with E-state index in [-0.39, 0.29) is 10.5 Å². The summed E-state index contributed by atoms with van der Waals surface area (Å²) in [7, 11) is -3.81. The third-order valence-corrected chi connectivity index (χ3v) is 4.48. The van der Waals surface area contributed by atoms with Crippen molar-refractivity contribution in [2.75, 3.05) is 0 Å². The molecule has 21 heavy (non-hydrogen) atoms. The molecule has 2 aromatic rings. The Morgan fingerprint density at radius 1 is 0.952 bits per heavy atom. The fourth-order valence-corrected chi connectivity index (χ4v) is 3.13. The highest BCUT2D eigenvalue weighted by Gasteiger charge is 2.30. The first kappa shape index (κ1) is 15.5. The Bertz CT molecular complexity index is 734. The van der Waals surface area contributed by atoms with Crippen molar-refractivity contribution in [3.63, 3.8) is 0 Å². The predicted molar refractivity (Wildman–Crippen MR) is 68.7 cm³/mol. The average Bonchev–Trinajstić information content (AvgIpc) is 2.38. The molecule has 0 bridgehead atoms. The van der Waals surface area contributed by atoms with Crippen LogP contribution in [0, 0.1) is 5.82 Å². The van der Waals surface area contributed by atoms with Crippen LogP contribution in [0.5, 0.6) is 0 Å². The van der Waals surface area contributed by atoms with E-state index >= 15 is 0 Å². The first-order chi connectivity index (χ1) is 9.68. The lowest BCUT2D eigenvalue weighted by molar-refractivity contribution is -0.137. The van der Waals surface area contributed by atoms with Gasteiger partial charge in [0.25, 0.3) is 0 Å². The van der Waals surface area contributed by atoms with Crippen LogP contribution in [0.25, 0.3) is 0 Å². The summed E-state index contributed by atoms with van der Waals surface area (Å²) < 4.78 is 74.3. The maximum atomic E-state index is 13.0. The normalized spacial score (nSPS) is 12.4. The van der Waals surface area contributed by atoms with Gasteiger partial charge in [0.05, 0.1) is 16.2 Å². The van der Waals surface area contributed by atoms with Gasteiger partial charge < -0.3 is 0 Å². The van der Waals surface area contributed by atoms with Crippen molar-refractivity contribution in [1.82, 2.24) is 0 Å². The lowest BCUT2D eigenvalue weighted by atomic mass is 10.1. The smallest absolute Gasteiger partial charge is 0.223 e. The Labute approximate surface area is 119 Å². The molecule has 7 heteroatoms. The van der Waals surface area contributed by atoms with E-state index in [1.807, 2.05) is 0 Å². The van der Waals surface area contributed by atoms with Crippen molar-refractivity contribution >= 4 is 9.84 Å². The molecule has 0 unspecified atom stereocenters. The SMILES string of the molecule is O=S(=O)(Cc1ccc(C(F)(F)F)cc1)c1cccc(F)c1. The highest BCUT2D eigenvalue weighted by atomic mass is 32.2. The maximum Gasteiger partial charge on any atom is 0.416 e. The molecule has 2 aromatic carbocycles. The molecule has 0 N–H and O–H groups in total. The van der Waals surface area contributed by atoms with Crippen LogP contribution in [-0.2, 0) is 21.8 Å². The second-order valence-electron chi connectivity index (χ2n) is 4.41. The molecule has 0 aliphatic carbocycles. The largest absolute Gasteiger partial charge is 0.416 e. The summed E-state index contributed by atoms with van der Waals surface area (Å²) in [4.78, 5) is -0.206. The van der Waals surface area contributed by atoms with Gasteiger partial charge in [0.15, 0.2) is 9.84 Å². The monoisotopic (exact) mass is 318 g/mol. The number of hydrogen-bond acceptors (Lipinski definition) is 2. The molecule has 0 amide bonds. The molecular formula is C14H10F4O2S. The molecule has 0 heterocycles. The number of alkyl halides is 3. The van der Waals surface area contributed by atoms with Gasteiger partial charge in [-0.25, -0.2) is 12.8 Å². The Kier molecular flexibility index (Phi) is 4.04. The van der Waals surface area contributed by atoms with E-state index < -0.39 is 33.1 Å². The van der Waals surface area contributed by atoms with E-state index in [0.29, 0.717) is 0 Å². The lowest BCUT2D eigenvalue weighted by Crippen LogP contribution is -2.07. The zero-order valence-corrected chi connectivity index (χ0v) is 11.4. The molecule has 2 nitrogen and oxygen atoms in total. The minimum Gasteiger partial charge on any atom is -0.223 e. The molecular weight excluding hydrogens is 308 g/mol. The Morgan fingerprint density at radius 3 is 2.10 bits per heavy atom. The van der Waals surface area contributed by atoms with Crippen molar-refractivity contribution in [3.05, 3.63) is 65.5 Å². The summed E-state index contributed by atoms with van der Waals surface area (Å²) in [5.41, 5.74) is -0.651. The van der Waals surface area contributed by atoms with E-state index in [2.05, 4.69) is 0 Å². The van der Waals surface area contributed by atoms with E-state index in [4.69, 9.17) is 0 Å². The zero-order chi connectivity index (χ0) is 15.7. The summed E-state index contributed by atoms with van der Waals surface area (Å²) >= 11 is 0. The van der Waals surface area contributed by atoms with Gasteiger partial charge in [0.2, 0.25) is 0 Å². The van der Waals surface area contributed by atoms with Gasteiger partial charge in [-0.15, -0.1) is 0 Å². The second-order valence-corrected chi connectivity index (χ2v) is 6.40. The number of sulfone groups is 1. The van der Waals surface area contributed by atoms with Crippen LogP contribution in [-0.4, -0.2) is 8.42 Å². The fraction of sp³-hybridized carbons (Fsp3) is 0.143. The third-order valence-electron chi connectivity index (χ3n) is 2.79. The average molecular weight is 318 g/mol. The van der Waals surface area contributed by atoms with E-state index in [1.165, 1.54) is 12.1 Å². The van der Waals surface area contributed by atoms with Gasteiger partial charge in [-0.05, 0) is 35.9 Å². The van der Waals surface area contributed by atoms with E-state index in [9.17, 15) is 26.0 Å². The highest BCUT2D eigenvalue weighted by molar-refractivity contribution is 7.90. The molecule has 0 radical (unpaired) electrons. The summed E-state index contributed by atoms with van der Waals surface area (Å²) in [6.45, 7) is 0. The summed E-state index contributed by atoms with van der Waals surface area (Å²) in [6.07, 6.45) is -4.47. The lowest BCUT2D eigenvalue weighted by Gasteiger charge is -2.08. The van der Waals surface area contributed by atoms with Crippen LogP contribution in [0.15, 0.2) is 53.4 Å². The van der Waals surface area contributed by atoms with Crippen molar-refractivity contribution in [1.29, 1.82) is 0 Å². The molecule has 112 valence electrons. The van der Waals surface area contributed by atoms with Gasteiger partial charge >= 0.3 is 6.18 Å². The summed E-state index contributed by atoms with van der Waals surface area (Å²) in [5.74, 6) is -1.18. The predicted octanol–water partition coefficient (Wildman–Crippen LogP) is 3.82. The quantitative estimate of drug-likeness (QED) is 0.806. The zero-order valence-electron chi connectivity index (χ0n) is 10.6. The van der Waals surface area contributed by atoms with Gasteiger partial charge in [-0.1, -0.05) is 18.2 Å². The second kappa shape index (κ2) is 5.48. The van der Waals surface area contributed by atoms with Crippen LogP contribution in [0.3, 0.4) is 0 Å². The van der Waals surface area contributed by atoms with Crippen LogP contribution >= 0.6 is 0 Å². The molecule has 0 saturated heterocycles. The van der Waals surface area contributed by atoms with Crippen molar-refractivity contribution < 1.29 is 26.0 Å². The van der Waals surface area contributed by atoms with Crippen LogP contribution < -0.4 is 0 Å². The minimum absolute atomic E-state index is 0.201. The fourth-order valence-electron chi connectivity index (χ4n) is 1.75. The van der Waals surface area contributed by atoms with E-state index in [1.54, 1.807) is 0 Å². The molecule has 0 aliphatic rings. The van der Waals surface area contributed by atoms with E-state index in [0.717, 1.165) is 36.4 Å². The van der Waals surface area contributed by atoms with Crippen molar-refractivity contribution in [2.24, 2.45) is 0 Å². The molecule has 0 spiro atoms. The number of halogens is 4. The number of rotatable bonds is 3. The van der Waals surface area contributed by atoms with Gasteiger partial charge in [-0.3, -0.25) is 0 Å². The first-order valence-corrected chi connectivity index (χ1v) is 7.48. The van der Waals surface area contributed by atoms with Gasteiger partial charge in [-0.2, -0.15) is 13.2 Å². The molecule has 2 rings (SSSR count). The molecule has 0 atom stereocenters. The molecule has 0 aliphatic heterocycles. The minimum atomic E-state index is -4.47.